The highest BCUT2D eigenvalue weighted by Crippen LogP contribution is 2.29. The van der Waals surface area contributed by atoms with Crippen LogP contribution in [-0.2, 0) is 21.1 Å². The molecule has 23 heavy (non-hydrogen) atoms. The first kappa shape index (κ1) is 18.7. The topological polar surface area (TPSA) is 77.8 Å². The maximum Gasteiger partial charge on any atom is 0.152 e. The van der Waals surface area contributed by atoms with Gasteiger partial charge in [-0.2, -0.15) is 5.10 Å². The average molecular weight is 365 g/mol. The molecule has 132 valence electrons. The fraction of sp³-hybridized carbons (Fsp3) is 0.800. The van der Waals surface area contributed by atoms with Crippen LogP contribution in [0, 0.1) is 6.92 Å². The van der Waals surface area contributed by atoms with Crippen LogP contribution in [0.25, 0.3) is 0 Å². The van der Waals surface area contributed by atoms with Gasteiger partial charge >= 0.3 is 0 Å². The van der Waals surface area contributed by atoms with E-state index in [1.165, 1.54) is 0 Å². The van der Waals surface area contributed by atoms with E-state index < -0.39 is 9.84 Å². The van der Waals surface area contributed by atoms with Crippen LogP contribution < -0.4 is 5.32 Å². The van der Waals surface area contributed by atoms with Gasteiger partial charge in [-0.25, -0.2) is 13.1 Å². The molecule has 8 heteroatoms. The molecule has 1 atom stereocenters. The summed E-state index contributed by atoms with van der Waals surface area (Å²) in [6, 6.07) is -0.126. The molecule has 0 bridgehead atoms. The van der Waals surface area contributed by atoms with Gasteiger partial charge in [0.1, 0.15) is 11.7 Å². The van der Waals surface area contributed by atoms with Gasteiger partial charge < -0.3 is 10.1 Å². The number of quaternary nitrogens is 1. The second-order valence-electron chi connectivity index (χ2n) is 6.41. The van der Waals surface area contributed by atoms with Crippen molar-refractivity contribution < 1.29 is 18.5 Å². The zero-order chi connectivity index (χ0) is 17.0. The molecule has 1 fully saturated rings. The van der Waals surface area contributed by atoms with E-state index in [0.717, 1.165) is 37.4 Å². The molecular formula is C15H27ClN3O3S+. The van der Waals surface area contributed by atoms with Crippen molar-refractivity contribution in [1.82, 2.24) is 9.78 Å². The van der Waals surface area contributed by atoms with E-state index in [4.69, 9.17) is 16.3 Å². The summed E-state index contributed by atoms with van der Waals surface area (Å²) in [6.07, 6.45) is 1.86. The molecule has 1 aliphatic rings. The minimum absolute atomic E-state index is 0.126. The number of nitrogens with two attached hydrogens (primary N) is 1. The third-order valence-corrected chi connectivity index (χ3v) is 6.20. The SMILES string of the molecule is Cc1nn([C@H]2CCS(=O)(=O)C2)c(Cl)c1C[NH2+]CCCOC(C)C. The lowest BCUT2D eigenvalue weighted by molar-refractivity contribution is -0.671. The van der Waals surface area contributed by atoms with E-state index in [9.17, 15) is 8.42 Å². The number of nitrogens with zero attached hydrogens (tertiary/aromatic N) is 2. The highest BCUT2D eigenvalue weighted by atomic mass is 35.5. The number of sulfone groups is 1. The molecule has 0 unspecified atom stereocenters. The quantitative estimate of drug-likeness (QED) is 0.700. The minimum Gasteiger partial charge on any atom is -0.379 e. The van der Waals surface area contributed by atoms with Gasteiger partial charge in [0.25, 0.3) is 0 Å². The first-order valence-electron chi connectivity index (χ1n) is 8.17. The molecule has 1 aliphatic heterocycles. The summed E-state index contributed by atoms with van der Waals surface area (Å²) >= 11 is 6.45. The molecule has 0 radical (unpaired) electrons. The van der Waals surface area contributed by atoms with Crippen LogP contribution >= 0.6 is 11.6 Å². The number of rotatable bonds is 8. The van der Waals surface area contributed by atoms with E-state index in [1.807, 2.05) is 20.8 Å². The number of ether oxygens (including phenoxy) is 1. The second-order valence-corrected chi connectivity index (χ2v) is 9.00. The summed E-state index contributed by atoms with van der Waals surface area (Å²) in [4.78, 5) is 0. The molecule has 1 aromatic rings. The second kappa shape index (κ2) is 7.96. The lowest BCUT2D eigenvalue weighted by Gasteiger charge is -2.10. The van der Waals surface area contributed by atoms with Crippen molar-refractivity contribution in [2.45, 2.75) is 52.3 Å². The minimum atomic E-state index is -2.94. The Kier molecular flexibility index (Phi) is 6.48. The molecule has 0 saturated carbocycles. The standard InChI is InChI=1S/C15H26ClN3O3S/c1-11(2)22-7-4-6-17-9-14-12(3)18-19(15(14)16)13-5-8-23(20,21)10-13/h11,13,17H,4-10H2,1-3H3/p+1/t13-/m0/s1. The smallest absolute Gasteiger partial charge is 0.152 e. The summed E-state index contributed by atoms with van der Waals surface area (Å²) in [5.74, 6) is 0.369. The maximum atomic E-state index is 11.6. The van der Waals surface area contributed by atoms with Crippen LogP contribution in [0.1, 0.15) is 44.0 Å². The van der Waals surface area contributed by atoms with Crippen LogP contribution in [0.4, 0.5) is 0 Å². The van der Waals surface area contributed by atoms with E-state index in [0.29, 0.717) is 11.6 Å². The van der Waals surface area contributed by atoms with E-state index in [1.54, 1.807) is 4.68 Å². The van der Waals surface area contributed by atoms with Crippen molar-refractivity contribution in [3.8, 4) is 0 Å². The largest absolute Gasteiger partial charge is 0.379 e. The average Bonchev–Trinajstić information content (AvgIpc) is 2.95. The number of hydrogen-bond donors (Lipinski definition) is 1. The fourth-order valence-corrected chi connectivity index (χ4v) is 4.87. The first-order chi connectivity index (χ1) is 10.8. The predicted molar refractivity (Wildman–Crippen MR) is 90.5 cm³/mol. The van der Waals surface area contributed by atoms with Gasteiger partial charge in [-0.05, 0) is 27.2 Å². The first-order valence-corrected chi connectivity index (χ1v) is 10.4. The molecule has 6 nitrogen and oxygen atoms in total. The Bertz CT molecular complexity index is 628. The molecule has 0 amide bonds. The van der Waals surface area contributed by atoms with Gasteiger partial charge in [-0.1, -0.05) is 11.6 Å². The van der Waals surface area contributed by atoms with Crippen LogP contribution in [0.15, 0.2) is 0 Å². The summed E-state index contributed by atoms with van der Waals surface area (Å²) in [6.45, 7) is 8.48. The van der Waals surface area contributed by atoms with Crippen LogP contribution in [-0.4, -0.2) is 49.0 Å². The Morgan fingerprint density at radius 2 is 2.22 bits per heavy atom. The Morgan fingerprint density at radius 3 is 2.83 bits per heavy atom. The molecule has 2 rings (SSSR count). The third kappa shape index (κ3) is 5.17. The van der Waals surface area contributed by atoms with Gasteiger partial charge in [-0.15, -0.1) is 0 Å². The van der Waals surface area contributed by atoms with Crippen LogP contribution in [0.2, 0.25) is 5.15 Å². The van der Waals surface area contributed by atoms with E-state index >= 15 is 0 Å². The number of halogens is 1. The van der Waals surface area contributed by atoms with Crippen LogP contribution in [0.5, 0.6) is 0 Å². The lowest BCUT2D eigenvalue weighted by Crippen LogP contribution is -2.82. The zero-order valence-electron chi connectivity index (χ0n) is 14.1. The summed E-state index contributed by atoms with van der Waals surface area (Å²) in [7, 11) is -2.94. The predicted octanol–water partition coefficient (Wildman–Crippen LogP) is 1.08. The van der Waals surface area contributed by atoms with Gasteiger partial charge in [0, 0.05) is 6.42 Å². The van der Waals surface area contributed by atoms with Gasteiger partial charge in [-0.3, -0.25) is 0 Å². The third-order valence-electron chi connectivity index (χ3n) is 4.05. The Hall–Kier alpha value is -0.630. The molecule has 2 N–H and O–H groups in total. The van der Waals surface area contributed by atoms with Crippen LogP contribution in [0.3, 0.4) is 0 Å². The van der Waals surface area contributed by atoms with Gasteiger partial charge in [0.05, 0.1) is 48.1 Å². The molecule has 1 aromatic heterocycles. The maximum absolute atomic E-state index is 11.6. The van der Waals surface area contributed by atoms with Crippen molar-refractivity contribution in [2.75, 3.05) is 24.7 Å². The Labute approximate surface area is 143 Å². The molecular weight excluding hydrogens is 338 g/mol. The monoisotopic (exact) mass is 364 g/mol. The highest BCUT2D eigenvalue weighted by molar-refractivity contribution is 7.91. The lowest BCUT2D eigenvalue weighted by atomic mass is 10.2. The van der Waals surface area contributed by atoms with Gasteiger partial charge in [0.15, 0.2) is 9.84 Å². The Balaban J connectivity index is 1.88. The van der Waals surface area contributed by atoms with Crippen molar-refractivity contribution in [1.29, 1.82) is 0 Å². The Morgan fingerprint density at radius 1 is 1.48 bits per heavy atom. The van der Waals surface area contributed by atoms with Crippen molar-refractivity contribution in [3.63, 3.8) is 0 Å². The molecule has 0 aliphatic carbocycles. The highest BCUT2D eigenvalue weighted by Gasteiger charge is 2.32. The van der Waals surface area contributed by atoms with Gasteiger partial charge in [0.2, 0.25) is 0 Å². The molecule has 2 heterocycles. The number of aryl methyl sites for hydroxylation is 1. The van der Waals surface area contributed by atoms with Crippen molar-refractivity contribution >= 4 is 21.4 Å². The van der Waals surface area contributed by atoms with E-state index in [2.05, 4.69) is 10.4 Å². The summed E-state index contributed by atoms with van der Waals surface area (Å²) in [5, 5.41) is 7.24. The fourth-order valence-electron chi connectivity index (χ4n) is 2.79. The number of hydrogen-bond acceptors (Lipinski definition) is 4. The summed E-state index contributed by atoms with van der Waals surface area (Å²) < 4.78 is 30.5. The molecule has 0 spiro atoms. The summed E-state index contributed by atoms with van der Waals surface area (Å²) in [5.41, 5.74) is 1.88. The van der Waals surface area contributed by atoms with E-state index in [-0.39, 0.29) is 23.7 Å². The van der Waals surface area contributed by atoms with Crippen molar-refractivity contribution in [3.05, 3.63) is 16.4 Å². The zero-order valence-corrected chi connectivity index (χ0v) is 15.7. The number of aromatic nitrogens is 2. The molecule has 0 aromatic carbocycles. The molecule has 1 saturated heterocycles. The normalized spacial score (nSPS) is 20.5. The van der Waals surface area contributed by atoms with Crippen molar-refractivity contribution in [2.24, 2.45) is 0 Å².